The van der Waals surface area contributed by atoms with E-state index in [1.54, 1.807) is 6.07 Å². The van der Waals surface area contributed by atoms with Crippen LogP contribution in [0.3, 0.4) is 0 Å². The first-order chi connectivity index (χ1) is 8.67. The number of hydrazine groups is 1. The first-order valence-corrected chi connectivity index (χ1v) is 6.23. The molecule has 6 nitrogen and oxygen atoms in total. The topological polar surface area (TPSA) is 82.3 Å². The number of nitrogens with two attached hydrogens (primary N) is 1. The standard InChI is InChI=1S/C12H22N4O2/c1-4-5-17-6-7-18-11-8-10(16-13)14-12(15-11)9(2)3/h8-9H,4-7,13H2,1-3H3,(H,14,15,16). The summed E-state index contributed by atoms with van der Waals surface area (Å²) in [4.78, 5) is 8.56. The predicted molar refractivity (Wildman–Crippen MR) is 70.5 cm³/mol. The summed E-state index contributed by atoms with van der Waals surface area (Å²) in [5.74, 6) is 7.35. The molecule has 0 aromatic carbocycles. The fourth-order valence-corrected chi connectivity index (χ4v) is 1.30. The van der Waals surface area contributed by atoms with Crippen LogP contribution in [-0.4, -0.2) is 29.8 Å². The highest BCUT2D eigenvalue weighted by Gasteiger charge is 2.08. The highest BCUT2D eigenvalue weighted by molar-refractivity contribution is 5.37. The zero-order valence-corrected chi connectivity index (χ0v) is 11.3. The summed E-state index contributed by atoms with van der Waals surface area (Å²) in [6, 6.07) is 1.67. The highest BCUT2D eigenvalue weighted by atomic mass is 16.5. The molecule has 18 heavy (non-hydrogen) atoms. The molecule has 6 heteroatoms. The SMILES string of the molecule is CCCOCCOc1cc(NN)nc(C(C)C)n1. The van der Waals surface area contributed by atoms with Crippen LogP contribution in [0.5, 0.6) is 5.88 Å². The largest absolute Gasteiger partial charge is 0.475 e. The Labute approximate surface area is 108 Å². The number of hydrogen-bond donors (Lipinski definition) is 2. The zero-order chi connectivity index (χ0) is 13.4. The maximum absolute atomic E-state index is 5.51. The Kier molecular flexibility index (Phi) is 6.38. The smallest absolute Gasteiger partial charge is 0.218 e. The van der Waals surface area contributed by atoms with Gasteiger partial charge < -0.3 is 14.9 Å². The lowest BCUT2D eigenvalue weighted by molar-refractivity contribution is 0.0989. The summed E-state index contributed by atoms with van der Waals surface area (Å²) in [6.07, 6.45) is 1.01. The van der Waals surface area contributed by atoms with E-state index in [9.17, 15) is 0 Å². The molecule has 1 rings (SSSR count). The highest BCUT2D eigenvalue weighted by Crippen LogP contribution is 2.17. The van der Waals surface area contributed by atoms with E-state index in [1.807, 2.05) is 13.8 Å². The molecule has 0 radical (unpaired) electrons. The third-order valence-electron chi connectivity index (χ3n) is 2.21. The minimum atomic E-state index is 0.219. The van der Waals surface area contributed by atoms with E-state index >= 15 is 0 Å². The van der Waals surface area contributed by atoms with Crippen molar-refractivity contribution in [1.82, 2.24) is 9.97 Å². The van der Waals surface area contributed by atoms with Crippen molar-refractivity contribution in [3.05, 3.63) is 11.9 Å². The van der Waals surface area contributed by atoms with Crippen molar-refractivity contribution in [2.24, 2.45) is 5.84 Å². The van der Waals surface area contributed by atoms with Crippen LogP contribution in [0.15, 0.2) is 6.07 Å². The quantitative estimate of drug-likeness (QED) is 0.417. The van der Waals surface area contributed by atoms with Crippen LogP contribution in [0.1, 0.15) is 38.9 Å². The molecule has 0 atom stereocenters. The second kappa shape index (κ2) is 7.84. The molecule has 0 aliphatic rings. The van der Waals surface area contributed by atoms with Crippen molar-refractivity contribution < 1.29 is 9.47 Å². The van der Waals surface area contributed by atoms with Crippen LogP contribution in [0.2, 0.25) is 0 Å². The number of nitrogen functional groups attached to an aromatic ring is 1. The second-order valence-corrected chi connectivity index (χ2v) is 4.21. The van der Waals surface area contributed by atoms with E-state index < -0.39 is 0 Å². The van der Waals surface area contributed by atoms with Crippen molar-refractivity contribution >= 4 is 5.82 Å². The molecule has 0 fully saturated rings. The van der Waals surface area contributed by atoms with Gasteiger partial charge in [-0.15, -0.1) is 0 Å². The lowest BCUT2D eigenvalue weighted by Crippen LogP contribution is -2.13. The monoisotopic (exact) mass is 254 g/mol. The molecule has 0 saturated heterocycles. The minimum absolute atomic E-state index is 0.219. The van der Waals surface area contributed by atoms with Crippen LogP contribution in [-0.2, 0) is 4.74 Å². The van der Waals surface area contributed by atoms with Crippen LogP contribution in [0, 0.1) is 0 Å². The van der Waals surface area contributed by atoms with Crippen molar-refractivity contribution in [2.75, 3.05) is 25.2 Å². The van der Waals surface area contributed by atoms with Crippen molar-refractivity contribution in [1.29, 1.82) is 0 Å². The van der Waals surface area contributed by atoms with Crippen molar-refractivity contribution in [3.63, 3.8) is 0 Å². The molecule has 1 aromatic rings. The van der Waals surface area contributed by atoms with Gasteiger partial charge in [-0.2, -0.15) is 4.98 Å². The number of anilines is 1. The van der Waals surface area contributed by atoms with Gasteiger partial charge in [-0.3, -0.25) is 0 Å². The van der Waals surface area contributed by atoms with Crippen LogP contribution in [0.25, 0.3) is 0 Å². The first-order valence-electron chi connectivity index (χ1n) is 6.23. The summed E-state index contributed by atoms with van der Waals surface area (Å²) in [7, 11) is 0. The maximum atomic E-state index is 5.51. The fraction of sp³-hybridized carbons (Fsp3) is 0.667. The summed E-state index contributed by atoms with van der Waals surface area (Å²) in [5, 5.41) is 0. The summed E-state index contributed by atoms with van der Waals surface area (Å²) >= 11 is 0. The third kappa shape index (κ3) is 4.85. The number of ether oxygens (including phenoxy) is 2. The van der Waals surface area contributed by atoms with Gasteiger partial charge in [0.1, 0.15) is 18.2 Å². The first kappa shape index (κ1) is 14.7. The molecule has 3 N–H and O–H groups in total. The number of hydrogen-bond acceptors (Lipinski definition) is 6. The Bertz CT molecular complexity index is 358. The molecule has 1 heterocycles. The van der Waals surface area contributed by atoms with Gasteiger partial charge in [0.2, 0.25) is 5.88 Å². The molecule has 0 spiro atoms. The molecule has 102 valence electrons. The summed E-state index contributed by atoms with van der Waals surface area (Å²) < 4.78 is 10.8. The molecule has 0 saturated carbocycles. The molecule has 0 amide bonds. The van der Waals surface area contributed by atoms with Gasteiger partial charge in [0.05, 0.1) is 6.61 Å². The Morgan fingerprint density at radius 2 is 2.06 bits per heavy atom. The van der Waals surface area contributed by atoms with E-state index in [4.69, 9.17) is 15.3 Å². The number of nitrogens with one attached hydrogen (secondary N) is 1. The van der Waals surface area contributed by atoms with Gasteiger partial charge in [-0.1, -0.05) is 20.8 Å². The van der Waals surface area contributed by atoms with Gasteiger partial charge in [-0.25, -0.2) is 10.8 Å². The van der Waals surface area contributed by atoms with E-state index in [0.717, 1.165) is 13.0 Å². The van der Waals surface area contributed by atoms with Crippen LogP contribution in [0.4, 0.5) is 5.82 Å². The van der Waals surface area contributed by atoms with Crippen molar-refractivity contribution in [2.45, 2.75) is 33.1 Å². The Hall–Kier alpha value is -1.40. The van der Waals surface area contributed by atoms with E-state index in [1.165, 1.54) is 0 Å². The predicted octanol–water partition coefficient (Wildman–Crippen LogP) is 1.69. The molecule has 0 unspecified atom stereocenters. The lowest BCUT2D eigenvalue weighted by atomic mass is 10.2. The molecular formula is C12H22N4O2. The average Bonchev–Trinajstić information content (AvgIpc) is 2.38. The third-order valence-corrected chi connectivity index (χ3v) is 2.21. The molecule has 1 aromatic heterocycles. The van der Waals surface area contributed by atoms with Gasteiger partial charge in [0.15, 0.2) is 0 Å². The Morgan fingerprint density at radius 1 is 1.28 bits per heavy atom. The van der Waals surface area contributed by atoms with Gasteiger partial charge >= 0.3 is 0 Å². The normalized spacial score (nSPS) is 10.7. The van der Waals surface area contributed by atoms with Crippen molar-refractivity contribution in [3.8, 4) is 5.88 Å². The number of aromatic nitrogens is 2. The fourth-order valence-electron chi connectivity index (χ4n) is 1.30. The molecule has 0 aliphatic carbocycles. The Morgan fingerprint density at radius 3 is 2.67 bits per heavy atom. The number of rotatable bonds is 8. The second-order valence-electron chi connectivity index (χ2n) is 4.21. The lowest BCUT2D eigenvalue weighted by Gasteiger charge is -2.10. The molecule has 0 bridgehead atoms. The van der Waals surface area contributed by atoms with Gasteiger partial charge in [0, 0.05) is 18.6 Å². The minimum Gasteiger partial charge on any atom is -0.475 e. The van der Waals surface area contributed by atoms with E-state index in [2.05, 4.69) is 22.3 Å². The average molecular weight is 254 g/mol. The van der Waals surface area contributed by atoms with Gasteiger partial charge in [0.25, 0.3) is 0 Å². The van der Waals surface area contributed by atoms with Gasteiger partial charge in [-0.05, 0) is 6.42 Å². The summed E-state index contributed by atoms with van der Waals surface area (Å²) in [6.45, 7) is 7.88. The van der Waals surface area contributed by atoms with Crippen LogP contribution < -0.4 is 16.0 Å². The number of nitrogens with zero attached hydrogens (tertiary/aromatic N) is 2. The molecular weight excluding hydrogens is 232 g/mol. The summed E-state index contributed by atoms with van der Waals surface area (Å²) in [5.41, 5.74) is 2.51. The van der Waals surface area contributed by atoms with Crippen LogP contribution >= 0.6 is 0 Å². The van der Waals surface area contributed by atoms with E-state index in [0.29, 0.717) is 30.7 Å². The Balaban J connectivity index is 2.56. The maximum Gasteiger partial charge on any atom is 0.218 e. The zero-order valence-electron chi connectivity index (χ0n) is 11.3. The molecule has 0 aliphatic heterocycles. The van der Waals surface area contributed by atoms with E-state index in [-0.39, 0.29) is 5.92 Å².